The van der Waals surface area contributed by atoms with Gasteiger partial charge in [-0.2, -0.15) is 0 Å². The molecule has 1 aromatic heterocycles. The highest BCUT2D eigenvalue weighted by molar-refractivity contribution is 5.89. The zero-order valence-electron chi connectivity index (χ0n) is 19.4. The summed E-state index contributed by atoms with van der Waals surface area (Å²) in [7, 11) is 0. The third-order valence-corrected chi connectivity index (χ3v) is 8.63. The fourth-order valence-electron chi connectivity index (χ4n) is 7.31. The lowest BCUT2D eigenvalue weighted by Gasteiger charge is -2.43. The first-order chi connectivity index (χ1) is 16.4. The molecule has 33 heavy (non-hydrogen) atoms. The van der Waals surface area contributed by atoms with Crippen LogP contribution in [0.25, 0.3) is 17.2 Å². The summed E-state index contributed by atoms with van der Waals surface area (Å²) >= 11 is 0. The van der Waals surface area contributed by atoms with Gasteiger partial charge in [0.1, 0.15) is 11.5 Å². The molecule has 166 valence electrons. The van der Waals surface area contributed by atoms with Gasteiger partial charge in [0.15, 0.2) is 0 Å². The van der Waals surface area contributed by atoms with Crippen LogP contribution in [0.5, 0.6) is 0 Å². The number of hydrogen-bond acceptors (Lipinski definition) is 1. The molecule has 0 N–H and O–H groups in total. The number of furan rings is 1. The number of fused-ring (bicyclic) bond motifs is 4. The zero-order valence-corrected chi connectivity index (χ0v) is 19.4. The van der Waals surface area contributed by atoms with E-state index in [1.165, 1.54) is 65.7 Å². The summed E-state index contributed by atoms with van der Waals surface area (Å²) in [6, 6.07) is 11.2. The van der Waals surface area contributed by atoms with E-state index >= 15 is 0 Å². The molecule has 0 amide bonds. The Morgan fingerprint density at radius 2 is 1.61 bits per heavy atom. The minimum atomic E-state index is 0.489. The predicted octanol–water partition coefficient (Wildman–Crippen LogP) is 8.49. The quantitative estimate of drug-likeness (QED) is 0.464. The second kappa shape index (κ2) is 7.90. The van der Waals surface area contributed by atoms with Crippen LogP contribution in [0.3, 0.4) is 0 Å². The third-order valence-electron chi connectivity index (χ3n) is 8.63. The molecule has 1 heterocycles. The van der Waals surface area contributed by atoms with E-state index in [9.17, 15) is 0 Å². The highest BCUT2D eigenvalue weighted by atomic mass is 16.3. The molecule has 1 heteroatoms. The number of allylic oxidation sites excluding steroid dienone is 9. The van der Waals surface area contributed by atoms with Gasteiger partial charge in [0.05, 0.1) is 0 Å². The Morgan fingerprint density at radius 1 is 0.758 bits per heavy atom. The predicted molar refractivity (Wildman–Crippen MR) is 137 cm³/mol. The Balaban J connectivity index is 1.42. The highest BCUT2D eigenvalue weighted by Gasteiger charge is 2.42. The molecule has 5 aliphatic carbocycles. The van der Waals surface area contributed by atoms with E-state index < -0.39 is 0 Å². The molecule has 0 bridgehead atoms. The second-order valence-corrected chi connectivity index (χ2v) is 10.4. The van der Waals surface area contributed by atoms with E-state index in [-0.39, 0.29) is 0 Å². The molecule has 2 aromatic rings. The summed E-state index contributed by atoms with van der Waals surface area (Å²) in [4.78, 5) is 0. The molecule has 1 aromatic carbocycles. The minimum Gasteiger partial charge on any atom is -0.456 e. The molecule has 2 unspecified atom stereocenters. The van der Waals surface area contributed by atoms with Gasteiger partial charge in [0.25, 0.3) is 0 Å². The molecule has 1 nitrogen and oxygen atoms in total. The zero-order chi connectivity index (χ0) is 21.8. The molecule has 0 spiro atoms. The van der Waals surface area contributed by atoms with Crippen molar-refractivity contribution in [3.05, 3.63) is 99.6 Å². The van der Waals surface area contributed by atoms with Crippen molar-refractivity contribution in [2.24, 2.45) is 11.8 Å². The highest BCUT2D eigenvalue weighted by Crippen LogP contribution is 2.56. The van der Waals surface area contributed by atoms with Crippen molar-refractivity contribution >= 4 is 17.2 Å². The molecule has 1 fully saturated rings. The van der Waals surface area contributed by atoms with Crippen LogP contribution in [0.1, 0.15) is 79.6 Å². The molecule has 1 saturated carbocycles. The van der Waals surface area contributed by atoms with E-state index in [1.54, 1.807) is 16.7 Å². The average Bonchev–Trinajstić information content (AvgIpc) is 3.27. The van der Waals surface area contributed by atoms with E-state index in [0.29, 0.717) is 11.8 Å². The van der Waals surface area contributed by atoms with E-state index in [1.807, 2.05) is 0 Å². The first-order valence-electron chi connectivity index (χ1n) is 13.1. The van der Waals surface area contributed by atoms with Crippen molar-refractivity contribution in [3.8, 4) is 0 Å². The standard InChI is InChI=1S/C32H32O/c1-2-11-21(12-3-1)30-23-14-4-6-16-25(23)31(26-17-7-5-15-24(26)30)28-19-10-18-27-22-13-8-9-20-29(22)33-32(27)28/h1-4,9,11-12,14,19-20,26,31H,5-8,10,13,15-18H2. The van der Waals surface area contributed by atoms with Crippen LogP contribution < -0.4 is 0 Å². The van der Waals surface area contributed by atoms with Crippen molar-refractivity contribution in [1.82, 2.24) is 0 Å². The Labute approximate surface area is 197 Å². The Hall–Kier alpha value is -2.80. The van der Waals surface area contributed by atoms with Crippen LogP contribution in [-0.4, -0.2) is 0 Å². The van der Waals surface area contributed by atoms with Crippen LogP contribution in [0.2, 0.25) is 0 Å². The van der Waals surface area contributed by atoms with Gasteiger partial charge < -0.3 is 4.42 Å². The summed E-state index contributed by atoms with van der Waals surface area (Å²) in [6.45, 7) is 0. The maximum absolute atomic E-state index is 6.65. The first-order valence-corrected chi connectivity index (χ1v) is 13.1. The largest absolute Gasteiger partial charge is 0.456 e. The average molecular weight is 433 g/mol. The minimum absolute atomic E-state index is 0.489. The molecule has 0 saturated heterocycles. The van der Waals surface area contributed by atoms with Gasteiger partial charge in [-0.15, -0.1) is 0 Å². The summed E-state index contributed by atoms with van der Waals surface area (Å²) in [5.74, 6) is 3.48. The van der Waals surface area contributed by atoms with Crippen molar-refractivity contribution in [1.29, 1.82) is 0 Å². The van der Waals surface area contributed by atoms with Crippen LogP contribution in [0.4, 0.5) is 0 Å². The smallest absolute Gasteiger partial charge is 0.134 e. The van der Waals surface area contributed by atoms with Crippen LogP contribution in [-0.2, 0) is 12.8 Å². The topological polar surface area (TPSA) is 13.1 Å². The Kier molecular flexibility index (Phi) is 4.71. The van der Waals surface area contributed by atoms with Gasteiger partial charge >= 0.3 is 0 Å². The van der Waals surface area contributed by atoms with Crippen molar-refractivity contribution in [2.45, 2.75) is 64.2 Å². The van der Waals surface area contributed by atoms with Gasteiger partial charge in [-0.25, -0.2) is 0 Å². The third kappa shape index (κ3) is 3.05. The van der Waals surface area contributed by atoms with Crippen molar-refractivity contribution in [2.75, 3.05) is 0 Å². The molecule has 5 aliphatic rings. The maximum atomic E-state index is 6.65. The lowest BCUT2D eigenvalue weighted by Crippen LogP contribution is -2.30. The van der Waals surface area contributed by atoms with E-state index in [0.717, 1.165) is 37.9 Å². The monoisotopic (exact) mass is 432 g/mol. The van der Waals surface area contributed by atoms with E-state index in [4.69, 9.17) is 4.42 Å². The van der Waals surface area contributed by atoms with Gasteiger partial charge in [-0.3, -0.25) is 0 Å². The lowest BCUT2D eigenvalue weighted by molar-refractivity contribution is 0.385. The normalized spacial score (nSPS) is 25.9. The van der Waals surface area contributed by atoms with Crippen LogP contribution in [0.15, 0.2) is 75.8 Å². The SMILES string of the molecule is C1=CC2=C(CC1)C(C1=CCCc3c1oc1c3CCC=C1)C1CCCCC1=C2c1ccccc1. The number of benzene rings is 1. The molecule has 0 radical (unpaired) electrons. The molecule has 0 aliphatic heterocycles. The Bertz CT molecular complexity index is 1260. The number of hydrogen-bond donors (Lipinski definition) is 0. The summed E-state index contributed by atoms with van der Waals surface area (Å²) < 4.78 is 6.65. The summed E-state index contributed by atoms with van der Waals surface area (Å²) in [5, 5.41) is 0. The van der Waals surface area contributed by atoms with Crippen molar-refractivity contribution < 1.29 is 4.42 Å². The molecule has 7 rings (SSSR count). The fraction of sp³-hybridized carbons (Fsp3) is 0.375. The van der Waals surface area contributed by atoms with Crippen LogP contribution >= 0.6 is 0 Å². The first kappa shape index (κ1) is 19.6. The molecule has 2 atom stereocenters. The van der Waals surface area contributed by atoms with Gasteiger partial charge in [0, 0.05) is 17.0 Å². The summed E-state index contributed by atoms with van der Waals surface area (Å²) in [5.41, 5.74) is 12.4. The number of rotatable bonds is 2. The van der Waals surface area contributed by atoms with Gasteiger partial charge in [-0.05, 0) is 92.1 Å². The second-order valence-electron chi connectivity index (χ2n) is 10.4. The van der Waals surface area contributed by atoms with Gasteiger partial charge in [0.2, 0.25) is 0 Å². The summed E-state index contributed by atoms with van der Waals surface area (Å²) in [6.07, 6.45) is 24.1. The van der Waals surface area contributed by atoms with Gasteiger partial charge in [-0.1, -0.05) is 72.2 Å². The maximum Gasteiger partial charge on any atom is 0.134 e. The fourth-order valence-corrected chi connectivity index (χ4v) is 7.31. The van der Waals surface area contributed by atoms with Crippen molar-refractivity contribution in [3.63, 3.8) is 0 Å². The van der Waals surface area contributed by atoms with E-state index in [2.05, 4.69) is 60.7 Å². The lowest BCUT2D eigenvalue weighted by atomic mass is 9.60. The Morgan fingerprint density at radius 3 is 2.55 bits per heavy atom. The van der Waals surface area contributed by atoms with Crippen LogP contribution in [0, 0.1) is 11.8 Å². The molecular weight excluding hydrogens is 400 g/mol. The molecular formula is C32H32O.